The number of amides is 1. The minimum Gasteiger partial charge on any atom is -0.491 e. The molecule has 2 aromatic rings. The smallest absolute Gasteiger partial charge is 0.238 e. The van der Waals surface area contributed by atoms with Gasteiger partial charge in [-0.25, -0.2) is 4.39 Å². The van der Waals surface area contributed by atoms with Gasteiger partial charge in [0, 0.05) is 12.2 Å². The molecule has 0 spiro atoms. The van der Waals surface area contributed by atoms with Crippen LogP contribution >= 0.6 is 0 Å². The SMILES string of the molecule is CC(C)Oc1ccc(CNCC(=O)Nc2ccc(F)cc2)cc1. The van der Waals surface area contributed by atoms with E-state index in [0.717, 1.165) is 11.3 Å². The summed E-state index contributed by atoms with van der Waals surface area (Å²) in [6.45, 7) is 4.73. The molecule has 0 fully saturated rings. The van der Waals surface area contributed by atoms with Gasteiger partial charge in [-0.2, -0.15) is 0 Å². The minimum absolute atomic E-state index is 0.147. The van der Waals surface area contributed by atoms with Crippen molar-refractivity contribution in [1.29, 1.82) is 0 Å². The maximum atomic E-state index is 12.8. The van der Waals surface area contributed by atoms with Gasteiger partial charge in [0.05, 0.1) is 12.6 Å². The quantitative estimate of drug-likeness (QED) is 0.824. The Kier molecular flexibility index (Phi) is 6.11. The van der Waals surface area contributed by atoms with Crippen LogP contribution in [0.1, 0.15) is 19.4 Å². The number of benzene rings is 2. The molecule has 1 amide bonds. The number of hydrogen-bond donors (Lipinski definition) is 2. The van der Waals surface area contributed by atoms with Crippen molar-refractivity contribution in [2.24, 2.45) is 0 Å². The maximum Gasteiger partial charge on any atom is 0.238 e. The normalized spacial score (nSPS) is 10.6. The molecule has 122 valence electrons. The van der Waals surface area contributed by atoms with Gasteiger partial charge in [0.25, 0.3) is 0 Å². The first kappa shape index (κ1) is 17.0. The molecule has 23 heavy (non-hydrogen) atoms. The number of ether oxygens (including phenoxy) is 1. The Bertz CT molecular complexity index is 624. The van der Waals surface area contributed by atoms with E-state index in [0.29, 0.717) is 12.2 Å². The second kappa shape index (κ2) is 8.29. The second-order valence-corrected chi connectivity index (χ2v) is 5.47. The number of carbonyl (C=O) groups is 1. The summed E-state index contributed by atoms with van der Waals surface area (Å²) in [4.78, 5) is 11.8. The zero-order chi connectivity index (χ0) is 16.7. The molecule has 0 atom stereocenters. The highest BCUT2D eigenvalue weighted by molar-refractivity contribution is 5.92. The van der Waals surface area contributed by atoms with Gasteiger partial charge in [0.15, 0.2) is 0 Å². The van der Waals surface area contributed by atoms with Gasteiger partial charge in [-0.15, -0.1) is 0 Å². The first-order chi connectivity index (χ1) is 11.0. The molecule has 0 aliphatic carbocycles. The van der Waals surface area contributed by atoms with Gasteiger partial charge in [0.2, 0.25) is 5.91 Å². The van der Waals surface area contributed by atoms with E-state index in [1.54, 1.807) is 0 Å². The van der Waals surface area contributed by atoms with Crippen LogP contribution in [0.5, 0.6) is 5.75 Å². The maximum absolute atomic E-state index is 12.8. The number of anilines is 1. The van der Waals surface area contributed by atoms with Gasteiger partial charge in [-0.1, -0.05) is 12.1 Å². The predicted octanol–water partition coefficient (Wildman–Crippen LogP) is 3.34. The fourth-order valence-corrected chi connectivity index (χ4v) is 2.02. The number of hydrogen-bond acceptors (Lipinski definition) is 3. The molecule has 0 aliphatic rings. The summed E-state index contributed by atoms with van der Waals surface area (Å²) in [7, 11) is 0. The fourth-order valence-electron chi connectivity index (χ4n) is 2.02. The van der Waals surface area contributed by atoms with Crippen molar-refractivity contribution in [3.63, 3.8) is 0 Å². The van der Waals surface area contributed by atoms with E-state index in [-0.39, 0.29) is 24.4 Å². The van der Waals surface area contributed by atoms with E-state index >= 15 is 0 Å². The van der Waals surface area contributed by atoms with Crippen LogP contribution in [0.3, 0.4) is 0 Å². The van der Waals surface area contributed by atoms with Crippen LogP contribution in [0.4, 0.5) is 10.1 Å². The van der Waals surface area contributed by atoms with Gasteiger partial charge in [-0.05, 0) is 55.8 Å². The van der Waals surface area contributed by atoms with Crippen molar-refractivity contribution in [3.05, 3.63) is 59.9 Å². The third kappa shape index (κ3) is 6.08. The molecule has 0 saturated heterocycles. The van der Waals surface area contributed by atoms with E-state index in [1.807, 2.05) is 38.1 Å². The Morgan fingerprint density at radius 1 is 1.09 bits per heavy atom. The Hall–Kier alpha value is -2.40. The summed E-state index contributed by atoms with van der Waals surface area (Å²) in [5.41, 5.74) is 1.64. The molecule has 2 aromatic carbocycles. The van der Waals surface area contributed by atoms with Gasteiger partial charge < -0.3 is 15.4 Å². The summed E-state index contributed by atoms with van der Waals surface area (Å²) in [5.74, 6) is 0.334. The Labute approximate surface area is 135 Å². The number of nitrogens with one attached hydrogen (secondary N) is 2. The van der Waals surface area contributed by atoms with Crippen molar-refractivity contribution >= 4 is 11.6 Å². The van der Waals surface area contributed by atoms with E-state index in [9.17, 15) is 9.18 Å². The molecule has 0 aliphatic heterocycles. The number of halogens is 1. The van der Waals surface area contributed by atoms with E-state index in [1.165, 1.54) is 24.3 Å². The molecule has 2 N–H and O–H groups in total. The van der Waals surface area contributed by atoms with Crippen molar-refractivity contribution in [2.75, 3.05) is 11.9 Å². The van der Waals surface area contributed by atoms with Crippen LogP contribution in [-0.4, -0.2) is 18.6 Å². The molecule has 0 bridgehead atoms. The highest BCUT2D eigenvalue weighted by Gasteiger charge is 2.03. The standard InChI is InChI=1S/C18H21FN2O2/c1-13(2)23-17-9-3-14(4-10-17)11-20-12-18(22)21-16-7-5-15(19)6-8-16/h3-10,13,20H,11-12H2,1-2H3,(H,21,22). The molecule has 0 unspecified atom stereocenters. The lowest BCUT2D eigenvalue weighted by atomic mass is 10.2. The summed E-state index contributed by atoms with van der Waals surface area (Å²) >= 11 is 0. The van der Waals surface area contributed by atoms with Crippen LogP contribution in [0.25, 0.3) is 0 Å². The van der Waals surface area contributed by atoms with Gasteiger partial charge in [-0.3, -0.25) is 4.79 Å². The zero-order valence-electron chi connectivity index (χ0n) is 13.3. The largest absolute Gasteiger partial charge is 0.491 e. The van der Waals surface area contributed by atoms with Crippen LogP contribution < -0.4 is 15.4 Å². The molecule has 5 heteroatoms. The predicted molar refractivity (Wildman–Crippen MR) is 88.9 cm³/mol. The van der Waals surface area contributed by atoms with Crippen LogP contribution in [0.15, 0.2) is 48.5 Å². The lowest BCUT2D eigenvalue weighted by Crippen LogP contribution is -2.27. The van der Waals surface area contributed by atoms with Crippen LogP contribution in [0, 0.1) is 5.82 Å². The third-order valence-corrected chi connectivity index (χ3v) is 3.04. The van der Waals surface area contributed by atoms with Crippen LogP contribution in [0.2, 0.25) is 0 Å². The Morgan fingerprint density at radius 2 is 1.74 bits per heavy atom. The summed E-state index contributed by atoms with van der Waals surface area (Å²) in [5, 5.41) is 5.76. The lowest BCUT2D eigenvalue weighted by molar-refractivity contribution is -0.115. The van der Waals surface area contributed by atoms with E-state index in [2.05, 4.69) is 10.6 Å². The third-order valence-electron chi connectivity index (χ3n) is 3.04. The Morgan fingerprint density at radius 3 is 2.35 bits per heavy atom. The number of rotatable bonds is 7. The topological polar surface area (TPSA) is 50.4 Å². The first-order valence-electron chi connectivity index (χ1n) is 7.54. The molecule has 0 aromatic heterocycles. The molecule has 4 nitrogen and oxygen atoms in total. The minimum atomic E-state index is -0.328. The monoisotopic (exact) mass is 316 g/mol. The molecular formula is C18H21FN2O2. The molecule has 0 radical (unpaired) electrons. The molecule has 0 saturated carbocycles. The van der Waals surface area contributed by atoms with Crippen molar-refractivity contribution < 1.29 is 13.9 Å². The molecule has 2 rings (SSSR count). The fraction of sp³-hybridized carbons (Fsp3) is 0.278. The Balaban J connectivity index is 1.73. The average molecular weight is 316 g/mol. The highest BCUT2D eigenvalue weighted by Crippen LogP contribution is 2.13. The van der Waals surface area contributed by atoms with Crippen molar-refractivity contribution in [2.45, 2.75) is 26.5 Å². The molecule has 0 heterocycles. The zero-order valence-corrected chi connectivity index (χ0v) is 13.3. The van der Waals surface area contributed by atoms with Gasteiger partial charge in [0.1, 0.15) is 11.6 Å². The highest BCUT2D eigenvalue weighted by atomic mass is 19.1. The lowest BCUT2D eigenvalue weighted by Gasteiger charge is -2.10. The van der Waals surface area contributed by atoms with E-state index < -0.39 is 0 Å². The number of carbonyl (C=O) groups excluding carboxylic acids is 1. The second-order valence-electron chi connectivity index (χ2n) is 5.47. The summed E-state index contributed by atoms with van der Waals surface area (Å²) in [6.07, 6.45) is 0.147. The average Bonchev–Trinajstić information content (AvgIpc) is 2.51. The molecular weight excluding hydrogens is 295 g/mol. The van der Waals surface area contributed by atoms with Crippen molar-refractivity contribution in [3.8, 4) is 5.75 Å². The van der Waals surface area contributed by atoms with Gasteiger partial charge >= 0.3 is 0 Å². The summed E-state index contributed by atoms with van der Waals surface area (Å²) < 4.78 is 18.4. The van der Waals surface area contributed by atoms with Crippen molar-refractivity contribution in [1.82, 2.24) is 5.32 Å². The first-order valence-corrected chi connectivity index (χ1v) is 7.54. The summed E-state index contributed by atoms with van der Waals surface area (Å²) in [6, 6.07) is 13.4. The van der Waals surface area contributed by atoms with E-state index in [4.69, 9.17) is 4.74 Å². The van der Waals surface area contributed by atoms with Crippen LogP contribution in [-0.2, 0) is 11.3 Å².